The molecular formula is C19H16ClNO7. The molecule has 0 unspecified atom stereocenters. The molecule has 28 heavy (non-hydrogen) atoms. The predicted octanol–water partition coefficient (Wildman–Crippen LogP) is 1.61. The maximum absolute atomic E-state index is 13.2. The number of carbonyl (C=O) groups excluding carboxylic acids is 4. The Kier molecular flexibility index (Phi) is 4.28. The number of nitrogens with zero attached hydrogens (tertiary/aromatic N) is 1. The van der Waals surface area contributed by atoms with Gasteiger partial charge in [0, 0.05) is 18.9 Å². The van der Waals surface area contributed by atoms with Crippen molar-refractivity contribution in [1.29, 1.82) is 0 Å². The van der Waals surface area contributed by atoms with Crippen molar-refractivity contribution in [2.24, 2.45) is 11.8 Å². The number of fused-ring (bicyclic) bond motifs is 5. The van der Waals surface area contributed by atoms with Gasteiger partial charge < -0.3 is 14.2 Å². The van der Waals surface area contributed by atoms with Gasteiger partial charge in [-0.3, -0.25) is 19.2 Å². The van der Waals surface area contributed by atoms with E-state index in [1.807, 2.05) is 0 Å². The maximum atomic E-state index is 13.2. The quantitative estimate of drug-likeness (QED) is 0.324. The molecule has 146 valence electrons. The van der Waals surface area contributed by atoms with Crippen molar-refractivity contribution in [2.75, 3.05) is 4.90 Å². The van der Waals surface area contributed by atoms with Gasteiger partial charge in [-0.05, 0) is 30.3 Å². The van der Waals surface area contributed by atoms with E-state index in [9.17, 15) is 19.2 Å². The van der Waals surface area contributed by atoms with Gasteiger partial charge in [-0.1, -0.05) is 17.7 Å². The molecule has 2 fully saturated rings. The molecule has 2 bridgehead atoms. The summed E-state index contributed by atoms with van der Waals surface area (Å²) in [5.41, 5.74) is -1.18. The lowest BCUT2D eigenvalue weighted by molar-refractivity contribution is -0.226. The molecule has 3 aliphatic rings. The van der Waals surface area contributed by atoms with Crippen LogP contribution in [0.15, 0.2) is 36.4 Å². The fraction of sp³-hybridized carbons (Fsp3) is 0.368. The molecule has 8 nitrogen and oxygen atoms in total. The molecule has 2 saturated heterocycles. The molecular weight excluding hydrogens is 390 g/mol. The van der Waals surface area contributed by atoms with E-state index in [2.05, 4.69) is 0 Å². The number of rotatable bonds is 4. The molecule has 0 spiro atoms. The molecule has 0 saturated carbocycles. The van der Waals surface area contributed by atoms with E-state index in [0.717, 1.165) is 18.7 Å². The minimum atomic E-state index is -1.55. The summed E-state index contributed by atoms with van der Waals surface area (Å²) in [6.45, 7) is 2.30. The Morgan fingerprint density at radius 3 is 2.29 bits per heavy atom. The Labute approximate surface area is 165 Å². The summed E-state index contributed by atoms with van der Waals surface area (Å²) in [7, 11) is 0. The lowest BCUT2D eigenvalue weighted by Crippen LogP contribution is -2.52. The van der Waals surface area contributed by atoms with Crippen molar-refractivity contribution < 1.29 is 33.4 Å². The van der Waals surface area contributed by atoms with Gasteiger partial charge in [-0.15, -0.1) is 0 Å². The van der Waals surface area contributed by atoms with Crippen LogP contribution in [0, 0.1) is 11.8 Å². The second kappa shape index (κ2) is 6.42. The number of carbonyl (C=O) groups is 4. The molecule has 3 aliphatic heterocycles. The Morgan fingerprint density at radius 1 is 1.11 bits per heavy atom. The second-order valence-electron chi connectivity index (χ2n) is 6.84. The summed E-state index contributed by atoms with van der Waals surface area (Å²) in [6.07, 6.45) is 0.983. The van der Waals surface area contributed by atoms with Gasteiger partial charge in [0.1, 0.15) is 0 Å². The highest BCUT2D eigenvalue weighted by molar-refractivity contribution is 6.31. The van der Waals surface area contributed by atoms with Crippen molar-refractivity contribution >= 4 is 41.0 Å². The van der Waals surface area contributed by atoms with Crippen LogP contribution in [-0.2, 0) is 33.4 Å². The highest BCUT2D eigenvalue weighted by Crippen LogP contribution is 2.54. The fourth-order valence-corrected chi connectivity index (χ4v) is 4.19. The van der Waals surface area contributed by atoms with Gasteiger partial charge in [0.25, 0.3) is 6.29 Å². The minimum Gasteiger partial charge on any atom is -0.422 e. The summed E-state index contributed by atoms with van der Waals surface area (Å²) in [6, 6.07) is 6.28. The van der Waals surface area contributed by atoms with Gasteiger partial charge in [-0.25, -0.2) is 4.90 Å². The van der Waals surface area contributed by atoms with E-state index < -0.39 is 53.6 Å². The predicted molar refractivity (Wildman–Crippen MR) is 95.0 cm³/mol. The van der Waals surface area contributed by atoms with E-state index in [-0.39, 0.29) is 0 Å². The molecule has 1 aromatic rings. The number of imide groups is 1. The van der Waals surface area contributed by atoms with Crippen LogP contribution in [0.3, 0.4) is 0 Å². The minimum absolute atomic E-state index is 0.375. The van der Waals surface area contributed by atoms with Crippen LogP contribution in [0.25, 0.3) is 0 Å². The van der Waals surface area contributed by atoms with Gasteiger partial charge in [0.15, 0.2) is 5.60 Å². The molecule has 1 aromatic carbocycles. The number of esters is 2. The van der Waals surface area contributed by atoms with E-state index in [4.69, 9.17) is 25.8 Å². The van der Waals surface area contributed by atoms with E-state index in [1.165, 1.54) is 6.08 Å². The average Bonchev–Trinajstić information content (AvgIpc) is 3.26. The summed E-state index contributed by atoms with van der Waals surface area (Å²) in [4.78, 5) is 50.4. The SMILES string of the molecule is CC(=O)OC(OC(C)=O)[C@]12C=C[C@H](O1)[C@H]1C(=O)N(c3ccc(Cl)cc3)C(=O)[C@@H]12. The van der Waals surface area contributed by atoms with Gasteiger partial charge >= 0.3 is 11.9 Å². The standard InChI is InChI=1S/C19H16ClNO7/c1-9(22)26-18(27-10(2)23)19-8-7-13(28-19)14-15(19)17(25)21(16(14)24)12-5-3-11(20)4-6-12/h3-8,13-15,18H,1-2H3/t13-,14+,15+,19+/m0/s1. The number of halogens is 1. The summed E-state index contributed by atoms with van der Waals surface area (Å²) in [5, 5.41) is 0.467. The van der Waals surface area contributed by atoms with Crippen molar-refractivity contribution in [3.8, 4) is 0 Å². The van der Waals surface area contributed by atoms with Crippen LogP contribution in [-0.4, -0.2) is 41.7 Å². The molecule has 4 atom stereocenters. The van der Waals surface area contributed by atoms with E-state index in [0.29, 0.717) is 10.7 Å². The second-order valence-corrected chi connectivity index (χ2v) is 7.27. The molecule has 9 heteroatoms. The molecule has 0 aromatic heterocycles. The lowest BCUT2D eigenvalue weighted by atomic mass is 9.76. The van der Waals surface area contributed by atoms with Gasteiger partial charge in [0.05, 0.1) is 23.6 Å². The summed E-state index contributed by atoms with van der Waals surface area (Å²) < 4.78 is 16.2. The number of benzene rings is 1. The van der Waals surface area contributed by atoms with Crippen molar-refractivity contribution in [1.82, 2.24) is 0 Å². The number of ether oxygens (including phenoxy) is 3. The van der Waals surface area contributed by atoms with Crippen LogP contribution in [0.2, 0.25) is 5.02 Å². The van der Waals surface area contributed by atoms with Crippen molar-refractivity contribution in [3.63, 3.8) is 0 Å². The molecule has 0 radical (unpaired) electrons. The first kappa shape index (κ1) is 18.6. The number of anilines is 1. The fourth-order valence-electron chi connectivity index (χ4n) is 4.06. The normalized spacial score (nSPS) is 30.1. The average molecular weight is 406 g/mol. The molecule has 2 amide bonds. The molecule has 0 aliphatic carbocycles. The van der Waals surface area contributed by atoms with Crippen LogP contribution in [0.5, 0.6) is 0 Å². The number of hydrogen-bond acceptors (Lipinski definition) is 7. The van der Waals surface area contributed by atoms with Crippen LogP contribution in [0.4, 0.5) is 5.69 Å². The Bertz CT molecular complexity index is 895. The van der Waals surface area contributed by atoms with Crippen molar-refractivity contribution in [3.05, 3.63) is 41.4 Å². The third-order valence-corrected chi connectivity index (χ3v) is 5.33. The first-order valence-corrected chi connectivity index (χ1v) is 8.97. The zero-order valence-corrected chi connectivity index (χ0v) is 15.7. The Hall–Kier alpha value is -2.71. The monoisotopic (exact) mass is 405 g/mol. The zero-order valence-electron chi connectivity index (χ0n) is 15.0. The zero-order chi connectivity index (χ0) is 20.2. The summed E-state index contributed by atoms with van der Waals surface area (Å²) >= 11 is 5.89. The molecule has 4 rings (SSSR count). The third kappa shape index (κ3) is 2.63. The highest BCUT2D eigenvalue weighted by atomic mass is 35.5. The first-order chi connectivity index (χ1) is 13.2. The smallest absolute Gasteiger partial charge is 0.305 e. The van der Waals surface area contributed by atoms with Gasteiger partial charge in [-0.2, -0.15) is 0 Å². The molecule has 3 heterocycles. The topological polar surface area (TPSA) is 99.2 Å². The summed E-state index contributed by atoms with van der Waals surface area (Å²) in [5.74, 6) is -4.17. The highest BCUT2D eigenvalue weighted by Gasteiger charge is 2.72. The number of hydrogen-bond donors (Lipinski definition) is 0. The Morgan fingerprint density at radius 2 is 1.71 bits per heavy atom. The first-order valence-electron chi connectivity index (χ1n) is 8.59. The van der Waals surface area contributed by atoms with E-state index >= 15 is 0 Å². The van der Waals surface area contributed by atoms with Crippen LogP contribution >= 0.6 is 11.6 Å². The van der Waals surface area contributed by atoms with Crippen LogP contribution in [0.1, 0.15) is 13.8 Å². The van der Waals surface area contributed by atoms with Gasteiger partial charge in [0.2, 0.25) is 11.8 Å². The number of amides is 2. The third-order valence-electron chi connectivity index (χ3n) is 5.08. The van der Waals surface area contributed by atoms with E-state index in [1.54, 1.807) is 30.3 Å². The largest absolute Gasteiger partial charge is 0.422 e. The molecule has 0 N–H and O–H groups in total. The maximum Gasteiger partial charge on any atom is 0.305 e. The lowest BCUT2D eigenvalue weighted by Gasteiger charge is -2.34. The van der Waals surface area contributed by atoms with Crippen molar-refractivity contribution in [2.45, 2.75) is 31.8 Å². The Balaban J connectivity index is 1.74. The van der Waals surface area contributed by atoms with Crippen LogP contribution < -0.4 is 4.90 Å².